The first kappa shape index (κ1) is 19.7. The average molecular weight is 375 g/mol. The van der Waals surface area contributed by atoms with E-state index >= 15 is 0 Å². The summed E-state index contributed by atoms with van der Waals surface area (Å²) in [4.78, 5) is 11.6. The van der Waals surface area contributed by atoms with Crippen LogP contribution >= 0.6 is 0 Å². The number of fused-ring (bicyclic) bond motifs is 5. The average Bonchev–Trinajstić information content (AvgIpc) is 3.02. The second-order valence-electron chi connectivity index (χ2n) is 11.2. The molecule has 4 aliphatic carbocycles. The molecule has 4 saturated carbocycles. The van der Waals surface area contributed by atoms with Crippen LogP contribution in [-0.4, -0.2) is 5.91 Å². The summed E-state index contributed by atoms with van der Waals surface area (Å²) in [6.45, 7) is 7.70. The Balaban J connectivity index is 1.49. The molecule has 4 aliphatic rings. The predicted octanol–water partition coefficient (Wildman–Crippen LogP) is 5.44. The van der Waals surface area contributed by atoms with E-state index in [1.807, 2.05) is 0 Å². The highest BCUT2D eigenvalue weighted by atomic mass is 16.2. The Bertz CT molecular complexity index is 563. The number of rotatable bonds is 4. The molecule has 3 heteroatoms. The molecular weight excluding hydrogens is 332 g/mol. The lowest BCUT2D eigenvalue weighted by molar-refractivity contribution is -0.122. The summed E-state index contributed by atoms with van der Waals surface area (Å²) in [6, 6.07) is 0. The Labute approximate surface area is 166 Å². The molecule has 0 radical (unpaired) electrons. The zero-order valence-electron chi connectivity index (χ0n) is 17.9. The van der Waals surface area contributed by atoms with Gasteiger partial charge >= 0.3 is 0 Å². The lowest BCUT2D eigenvalue weighted by atomic mass is 9.44. The second-order valence-corrected chi connectivity index (χ2v) is 11.2. The van der Waals surface area contributed by atoms with E-state index in [-0.39, 0.29) is 5.91 Å². The van der Waals surface area contributed by atoms with Crippen molar-refractivity contribution < 1.29 is 4.79 Å². The zero-order chi connectivity index (χ0) is 19.2. The summed E-state index contributed by atoms with van der Waals surface area (Å²) < 4.78 is 0. The van der Waals surface area contributed by atoms with Gasteiger partial charge in [-0.1, -0.05) is 33.6 Å². The molecule has 27 heavy (non-hydrogen) atoms. The first-order chi connectivity index (χ1) is 12.9. The van der Waals surface area contributed by atoms with Crippen molar-refractivity contribution in [2.75, 3.05) is 0 Å². The van der Waals surface area contributed by atoms with Crippen LogP contribution in [0, 0.1) is 46.3 Å². The fraction of sp³-hybridized carbons (Fsp3) is 0.958. The van der Waals surface area contributed by atoms with Crippen LogP contribution in [-0.2, 0) is 4.79 Å². The number of amides is 1. The van der Waals surface area contributed by atoms with E-state index in [9.17, 15) is 4.79 Å². The normalized spacial score (nSPS) is 47.5. The van der Waals surface area contributed by atoms with Crippen molar-refractivity contribution in [2.24, 2.45) is 52.2 Å². The van der Waals surface area contributed by atoms with E-state index in [4.69, 9.17) is 5.84 Å². The van der Waals surface area contributed by atoms with Crippen LogP contribution in [0.25, 0.3) is 0 Å². The molecule has 0 aromatic heterocycles. The molecule has 3 nitrogen and oxygen atoms in total. The maximum Gasteiger partial charge on any atom is 0.233 e. The molecule has 4 fully saturated rings. The number of nitrogens with two attached hydrogens (primary N) is 1. The van der Waals surface area contributed by atoms with E-state index in [0.29, 0.717) is 23.2 Å². The third-order valence-electron chi connectivity index (χ3n) is 10.3. The highest BCUT2D eigenvalue weighted by molar-refractivity contribution is 5.75. The van der Waals surface area contributed by atoms with Crippen molar-refractivity contribution in [1.29, 1.82) is 0 Å². The molecule has 0 aromatic carbocycles. The van der Waals surface area contributed by atoms with Crippen LogP contribution < -0.4 is 11.3 Å². The van der Waals surface area contributed by atoms with Gasteiger partial charge in [-0.2, -0.15) is 0 Å². The van der Waals surface area contributed by atoms with Gasteiger partial charge in [-0.15, -0.1) is 0 Å². The topological polar surface area (TPSA) is 55.1 Å². The smallest absolute Gasteiger partial charge is 0.233 e. The molecule has 4 rings (SSSR count). The van der Waals surface area contributed by atoms with Crippen molar-refractivity contribution in [2.45, 2.75) is 97.8 Å². The van der Waals surface area contributed by atoms with Crippen molar-refractivity contribution in [3.05, 3.63) is 0 Å². The van der Waals surface area contributed by atoms with Gasteiger partial charge in [0.1, 0.15) is 0 Å². The van der Waals surface area contributed by atoms with Crippen LogP contribution in [0.15, 0.2) is 0 Å². The van der Waals surface area contributed by atoms with Gasteiger partial charge in [-0.25, -0.2) is 5.84 Å². The largest absolute Gasteiger partial charge is 0.294 e. The van der Waals surface area contributed by atoms with E-state index in [1.54, 1.807) is 0 Å². The molecule has 0 heterocycles. The number of hydrogen-bond acceptors (Lipinski definition) is 2. The first-order valence-corrected chi connectivity index (χ1v) is 11.9. The van der Waals surface area contributed by atoms with Gasteiger partial charge in [-0.3, -0.25) is 10.2 Å². The van der Waals surface area contributed by atoms with Gasteiger partial charge in [0.25, 0.3) is 0 Å². The third kappa shape index (κ3) is 3.16. The Morgan fingerprint density at radius 3 is 2.56 bits per heavy atom. The zero-order valence-corrected chi connectivity index (χ0v) is 17.9. The predicted molar refractivity (Wildman–Crippen MR) is 111 cm³/mol. The number of nitrogens with one attached hydrogen (secondary N) is 1. The molecule has 1 unspecified atom stereocenters. The fourth-order valence-electron chi connectivity index (χ4n) is 8.90. The molecule has 154 valence electrons. The van der Waals surface area contributed by atoms with Gasteiger partial charge in [-0.05, 0) is 104 Å². The minimum absolute atomic E-state index is 0.00574. The van der Waals surface area contributed by atoms with Gasteiger partial charge in [0, 0.05) is 6.42 Å². The van der Waals surface area contributed by atoms with Crippen molar-refractivity contribution in [1.82, 2.24) is 5.43 Å². The van der Waals surface area contributed by atoms with E-state index in [1.165, 1.54) is 64.2 Å². The quantitative estimate of drug-likeness (QED) is 0.391. The van der Waals surface area contributed by atoms with Crippen LogP contribution in [0.4, 0.5) is 0 Å². The fourth-order valence-corrected chi connectivity index (χ4v) is 8.90. The van der Waals surface area contributed by atoms with Crippen molar-refractivity contribution in [3.8, 4) is 0 Å². The molecule has 0 bridgehead atoms. The summed E-state index contributed by atoms with van der Waals surface area (Å²) >= 11 is 0. The van der Waals surface area contributed by atoms with Crippen LogP contribution in [0.3, 0.4) is 0 Å². The molecule has 3 N–H and O–H groups in total. The minimum atomic E-state index is -0.00574. The summed E-state index contributed by atoms with van der Waals surface area (Å²) in [5.41, 5.74) is 3.46. The van der Waals surface area contributed by atoms with Crippen LogP contribution in [0.5, 0.6) is 0 Å². The van der Waals surface area contributed by atoms with E-state index in [2.05, 4.69) is 26.2 Å². The Kier molecular flexibility index (Phi) is 5.37. The van der Waals surface area contributed by atoms with Crippen LogP contribution in [0.1, 0.15) is 97.8 Å². The monoisotopic (exact) mass is 374 g/mol. The van der Waals surface area contributed by atoms with E-state index < -0.39 is 0 Å². The summed E-state index contributed by atoms with van der Waals surface area (Å²) in [7, 11) is 0. The molecule has 1 amide bonds. The molecule has 0 aliphatic heterocycles. The number of carbonyl (C=O) groups is 1. The molecular formula is C24H42N2O. The summed E-state index contributed by atoms with van der Waals surface area (Å²) in [5.74, 6) is 10.6. The highest BCUT2D eigenvalue weighted by Gasteiger charge is 2.60. The second kappa shape index (κ2) is 7.35. The number of carbonyl (C=O) groups excluding carboxylic acids is 1. The number of hydrazine groups is 1. The lowest BCUT2D eigenvalue weighted by Gasteiger charge is -2.61. The summed E-state index contributed by atoms with van der Waals surface area (Å²) in [6.07, 6.45) is 16.3. The third-order valence-corrected chi connectivity index (χ3v) is 10.3. The van der Waals surface area contributed by atoms with Gasteiger partial charge < -0.3 is 0 Å². The minimum Gasteiger partial charge on any atom is -0.294 e. The van der Waals surface area contributed by atoms with Crippen molar-refractivity contribution >= 4 is 5.91 Å². The van der Waals surface area contributed by atoms with E-state index in [0.717, 1.165) is 36.0 Å². The Morgan fingerprint density at radius 2 is 1.78 bits per heavy atom. The highest BCUT2D eigenvalue weighted by Crippen LogP contribution is 2.68. The Hall–Kier alpha value is -0.570. The van der Waals surface area contributed by atoms with Gasteiger partial charge in [0.05, 0.1) is 0 Å². The molecule has 0 aromatic rings. The molecule has 8 atom stereocenters. The SMILES string of the molecule is C[C@H](CCC(=O)NN)[C@H]1CC[C@H]2[C@@H]3CCC4CCCC[C@]4(C)[C@H]3CC[C@]12C. The number of hydrogen-bond donors (Lipinski definition) is 2. The molecule has 0 saturated heterocycles. The summed E-state index contributed by atoms with van der Waals surface area (Å²) in [5, 5.41) is 0. The van der Waals surface area contributed by atoms with Crippen molar-refractivity contribution in [3.63, 3.8) is 0 Å². The van der Waals surface area contributed by atoms with Gasteiger partial charge in [0.2, 0.25) is 5.91 Å². The first-order valence-electron chi connectivity index (χ1n) is 11.9. The van der Waals surface area contributed by atoms with Crippen LogP contribution in [0.2, 0.25) is 0 Å². The molecule has 0 spiro atoms. The lowest BCUT2D eigenvalue weighted by Crippen LogP contribution is -2.53. The van der Waals surface area contributed by atoms with Gasteiger partial charge in [0.15, 0.2) is 0 Å². The maximum atomic E-state index is 11.6. The Morgan fingerprint density at radius 1 is 1.00 bits per heavy atom. The standard InChI is InChI=1S/C24H42N2O/c1-16(7-12-22(27)26-25)19-10-11-20-18-9-8-17-6-4-5-14-23(17,2)21(18)13-15-24(19,20)3/h16-21H,4-15,25H2,1-3H3,(H,26,27)/t16-,17?,18+,19-,20+,21+,23+,24-/m1/s1. The maximum absolute atomic E-state index is 11.6.